The molecule has 3 heterocycles. The second kappa shape index (κ2) is 11.9. The Morgan fingerprint density at radius 2 is 1.87 bits per heavy atom. The average Bonchev–Trinajstić information content (AvgIpc) is 3.79. The zero-order valence-corrected chi connectivity index (χ0v) is 23.1. The first-order valence-electron chi connectivity index (χ1n) is 13.7. The van der Waals surface area contributed by atoms with Gasteiger partial charge in [0.2, 0.25) is 0 Å². The summed E-state index contributed by atoms with van der Waals surface area (Å²) < 4.78 is 23.4. The van der Waals surface area contributed by atoms with E-state index in [0.717, 1.165) is 19.3 Å². The van der Waals surface area contributed by atoms with Crippen molar-refractivity contribution in [3.05, 3.63) is 11.6 Å². The average molecular weight is 538 g/mol. The van der Waals surface area contributed by atoms with Crippen molar-refractivity contribution in [2.45, 2.75) is 82.3 Å². The van der Waals surface area contributed by atoms with Crippen LogP contribution in [0.5, 0.6) is 0 Å². The van der Waals surface area contributed by atoms with Gasteiger partial charge in [0, 0.05) is 45.8 Å². The Balaban J connectivity index is 1.25. The summed E-state index contributed by atoms with van der Waals surface area (Å²) in [5.41, 5.74) is 0.711. The molecule has 214 valence electrons. The van der Waals surface area contributed by atoms with E-state index in [4.69, 9.17) is 24.1 Å². The van der Waals surface area contributed by atoms with E-state index in [1.54, 1.807) is 7.11 Å². The molecular formula is C27H43N3O8. The number of esters is 1. The first-order valence-corrected chi connectivity index (χ1v) is 13.7. The molecule has 6 atom stereocenters. The molecule has 4 fully saturated rings. The number of nitrogens with one attached hydrogen (secondary N) is 1. The molecule has 0 radical (unpaired) electrons. The van der Waals surface area contributed by atoms with E-state index in [1.807, 2.05) is 4.90 Å². The number of carbonyl (C=O) groups is 3. The normalized spacial score (nSPS) is 34.5. The van der Waals surface area contributed by atoms with Crippen molar-refractivity contribution >= 4 is 18.0 Å². The molecule has 11 heteroatoms. The van der Waals surface area contributed by atoms with Crippen molar-refractivity contribution in [1.82, 2.24) is 15.1 Å². The van der Waals surface area contributed by atoms with Crippen LogP contribution < -0.4 is 5.32 Å². The van der Waals surface area contributed by atoms with Gasteiger partial charge in [-0.15, -0.1) is 0 Å². The summed E-state index contributed by atoms with van der Waals surface area (Å²) in [7, 11) is 1.71. The highest BCUT2D eigenvalue weighted by atomic mass is 16.6. The molecule has 0 aromatic rings. The lowest BCUT2D eigenvalue weighted by Crippen LogP contribution is -2.61. The van der Waals surface area contributed by atoms with Crippen molar-refractivity contribution < 1.29 is 38.4 Å². The smallest absolute Gasteiger partial charge is 0.317 e. The number of carbonyl (C=O) groups excluding carboxylic acids is 2. The van der Waals surface area contributed by atoms with Crippen LogP contribution in [0.1, 0.15) is 52.9 Å². The molecule has 0 bridgehead atoms. The second-order valence-corrected chi connectivity index (χ2v) is 11.4. The fourth-order valence-electron chi connectivity index (χ4n) is 6.14. The van der Waals surface area contributed by atoms with Crippen LogP contribution in [-0.4, -0.2) is 115 Å². The standard InChI is InChI=1S/C27H43N3O8/c1-18(2)5-6-20-26(3,38-20)24-23(35-4)19(9-10-27(24)17-37-27)28-25(34)30-13-11-29(12-14-30)15-16-36-22(33)8-7-21(31)32/h5,19-20,23-24H,6-17H2,1-4H3,(H,28,34)(H,31,32)/t19-,20-,23-,24-,26?,27+/m1/s1. The summed E-state index contributed by atoms with van der Waals surface area (Å²) in [6.07, 6.45) is 4.32. The van der Waals surface area contributed by atoms with Crippen molar-refractivity contribution in [2.75, 3.05) is 53.0 Å². The summed E-state index contributed by atoms with van der Waals surface area (Å²) >= 11 is 0. The van der Waals surface area contributed by atoms with E-state index in [9.17, 15) is 14.4 Å². The van der Waals surface area contributed by atoms with E-state index >= 15 is 0 Å². The molecule has 11 nitrogen and oxygen atoms in total. The minimum absolute atomic E-state index is 0.0460. The number of piperazine rings is 1. The molecule has 1 aliphatic carbocycles. The van der Waals surface area contributed by atoms with E-state index < -0.39 is 11.9 Å². The largest absolute Gasteiger partial charge is 0.481 e. The molecule has 1 unspecified atom stereocenters. The van der Waals surface area contributed by atoms with Crippen molar-refractivity contribution in [3.63, 3.8) is 0 Å². The minimum Gasteiger partial charge on any atom is -0.481 e. The van der Waals surface area contributed by atoms with Gasteiger partial charge in [0.05, 0.1) is 43.3 Å². The zero-order chi connectivity index (χ0) is 27.5. The van der Waals surface area contributed by atoms with Crippen molar-refractivity contribution in [2.24, 2.45) is 5.92 Å². The summed E-state index contributed by atoms with van der Waals surface area (Å²) in [4.78, 5) is 39.3. The number of ether oxygens (including phenoxy) is 4. The first-order chi connectivity index (χ1) is 18.1. The molecule has 38 heavy (non-hydrogen) atoms. The number of amides is 2. The Labute approximate surface area is 224 Å². The Hall–Kier alpha value is -2.21. The molecule has 2 N–H and O–H groups in total. The maximum Gasteiger partial charge on any atom is 0.317 e. The Morgan fingerprint density at radius 3 is 2.47 bits per heavy atom. The van der Waals surface area contributed by atoms with E-state index in [0.29, 0.717) is 39.3 Å². The molecule has 1 saturated carbocycles. The highest BCUT2D eigenvalue weighted by Gasteiger charge is 2.71. The second-order valence-electron chi connectivity index (χ2n) is 11.4. The zero-order valence-electron chi connectivity index (χ0n) is 23.1. The molecule has 4 rings (SSSR count). The van der Waals surface area contributed by atoms with Gasteiger partial charge in [-0.25, -0.2) is 4.79 Å². The highest BCUT2D eigenvalue weighted by molar-refractivity contribution is 5.76. The van der Waals surface area contributed by atoms with Crippen LogP contribution in [0.15, 0.2) is 11.6 Å². The number of nitrogens with zero attached hydrogens (tertiary/aromatic N) is 2. The Kier molecular flexibility index (Phi) is 9.01. The number of carboxylic acids is 1. The predicted molar refractivity (Wildman–Crippen MR) is 138 cm³/mol. The van der Waals surface area contributed by atoms with Crippen LogP contribution in [0.25, 0.3) is 0 Å². The first kappa shape index (κ1) is 28.8. The van der Waals surface area contributed by atoms with Crippen LogP contribution in [0.2, 0.25) is 0 Å². The van der Waals surface area contributed by atoms with E-state index in [1.165, 1.54) is 5.57 Å². The number of epoxide rings is 2. The third kappa shape index (κ3) is 6.67. The fraction of sp³-hybridized carbons (Fsp3) is 0.815. The number of methoxy groups -OCH3 is 1. The summed E-state index contributed by atoms with van der Waals surface area (Å²) in [5, 5.41) is 11.9. The number of urea groups is 1. The van der Waals surface area contributed by atoms with Gasteiger partial charge >= 0.3 is 18.0 Å². The number of aliphatic carboxylic acids is 1. The SMILES string of the molecule is CO[C@H]1[C@H](C2(C)O[C@@H]2CC=C(C)C)[C@]2(CC[C@H]1NC(=O)N1CCN(CCOC(=O)CCC(=O)O)CC1)CO2. The van der Waals surface area contributed by atoms with E-state index in [-0.39, 0.29) is 60.8 Å². The number of hydrogen-bond donors (Lipinski definition) is 2. The van der Waals surface area contributed by atoms with Crippen LogP contribution in [0.4, 0.5) is 4.79 Å². The lowest BCUT2D eigenvalue weighted by Gasteiger charge is -2.44. The van der Waals surface area contributed by atoms with Gasteiger partial charge in [0.25, 0.3) is 0 Å². The van der Waals surface area contributed by atoms with Crippen LogP contribution in [-0.2, 0) is 28.5 Å². The molecule has 3 saturated heterocycles. The summed E-state index contributed by atoms with van der Waals surface area (Å²) in [6, 6.07) is -0.216. The van der Waals surface area contributed by atoms with Gasteiger partial charge in [-0.1, -0.05) is 11.6 Å². The quantitative estimate of drug-likeness (QED) is 0.230. The third-order valence-corrected chi connectivity index (χ3v) is 8.48. The van der Waals surface area contributed by atoms with Gasteiger partial charge in [0.1, 0.15) is 12.2 Å². The Morgan fingerprint density at radius 1 is 1.16 bits per heavy atom. The highest BCUT2D eigenvalue weighted by Crippen LogP contribution is 2.59. The van der Waals surface area contributed by atoms with Crippen LogP contribution in [0.3, 0.4) is 0 Å². The Bertz CT molecular complexity index is 910. The van der Waals surface area contributed by atoms with Crippen molar-refractivity contribution in [1.29, 1.82) is 0 Å². The van der Waals surface area contributed by atoms with Crippen molar-refractivity contribution in [3.8, 4) is 0 Å². The van der Waals surface area contributed by atoms with Gasteiger partial charge in [-0.3, -0.25) is 14.5 Å². The molecule has 0 aromatic carbocycles. The monoisotopic (exact) mass is 537 g/mol. The number of allylic oxidation sites excluding steroid dienone is 1. The maximum atomic E-state index is 13.2. The maximum absolute atomic E-state index is 13.2. The van der Waals surface area contributed by atoms with Crippen LogP contribution in [0, 0.1) is 5.92 Å². The molecule has 3 aliphatic heterocycles. The van der Waals surface area contributed by atoms with Gasteiger partial charge in [-0.2, -0.15) is 0 Å². The third-order valence-electron chi connectivity index (χ3n) is 8.48. The summed E-state index contributed by atoms with van der Waals surface area (Å²) in [5.74, 6) is -1.48. The van der Waals surface area contributed by atoms with E-state index in [2.05, 4.69) is 37.1 Å². The topological polar surface area (TPSA) is 133 Å². The number of carboxylic acid groups (broad SMARTS) is 1. The lowest BCUT2D eigenvalue weighted by atomic mass is 9.67. The van der Waals surface area contributed by atoms with Gasteiger partial charge in [-0.05, 0) is 40.0 Å². The lowest BCUT2D eigenvalue weighted by molar-refractivity contribution is -0.148. The summed E-state index contributed by atoms with van der Waals surface area (Å²) in [6.45, 7) is 10.3. The predicted octanol–water partition coefficient (Wildman–Crippen LogP) is 1.80. The minimum atomic E-state index is -1.02. The molecule has 2 amide bonds. The molecule has 4 aliphatic rings. The van der Waals surface area contributed by atoms with Crippen LogP contribution >= 0.6 is 0 Å². The number of hydrogen-bond acceptors (Lipinski definition) is 8. The van der Waals surface area contributed by atoms with Gasteiger partial charge in [0.15, 0.2) is 0 Å². The molecular weight excluding hydrogens is 494 g/mol. The molecule has 0 aromatic heterocycles. The fourth-order valence-corrected chi connectivity index (χ4v) is 6.14. The molecule has 1 spiro atoms. The van der Waals surface area contributed by atoms with Gasteiger partial charge < -0.3 is 34.3 Å². The number of rotatable bonds is 11.